The number of rotatable bonds is 7. The van der Waals surface area contributed by atoms with Crippen LogP contribution in [0.25, 0.3) is 0 Å². The van der Waals surface area contributed by atoms with E-state index in [-0.39, 0.29) is 28.0 Å². The Balaban J connectivity index is 1.54. The molecule has 6 nitrogen and oxygen atoms in total. The Bertz CT molecular complexity index is 1170. The summed E-state index contributed by atoms with van der Waals surface area (Å²) in [4.78, 5) is 36.9. The molecule has 9 heteroatoms. The highest BCUT2D eigenvalue weighted by atomic mass is 35.5. The minimum Gasteiger partial charge on any atom is -0.326 e. The molecule has 0 saturated heterocycles. The highest BCUT2D eigenvalue weighted by Gasteiger charge is 2.15. The monoisotopic (exact) mass is 501 g/mol. The van der Waals surface area contributed by atoms with E-state index in [2.05, 4.69) is 16.0 Å². The lowest BCUT2D eigenvalue weighted by atomic mass is 10.2. The molecule has 0 radical (unpaired) electrons. The summed E-state index contributed by atoms with van der Waals surface area (Å²) in [5.41, 5.74) is 2.23. The molecule has 0 aliphatic carbocycles. The van der Waals surface area contributed by atoms with Crippen molar-refractivity contribution in [1.82, 2.24) is 0 Å². The second-order valence-electron chi connectivity index (χ2n) is 7.11. The van der Waals surface area contributed by atoms with Crippen molar-refractivity contribution in [3.05, 3.63) is 82.3 Å². The van der Waals surface area contributed by atoms with Gasteiger partial charge in [0.15, 0.2) is 0 Å². The molecule has 0 saturated carbocycles. The van der Waals surface area contributed by atoms with Crippen molar-refractivity contribution in [3.8, 4) is 0 Å². The summed E-state index contributed by atoms with van der Waals surface area (Å²) >= 11 is 13.3. The van der Waals surface area contributed by atoms with Gasteiger partial charge in [0.1, 0.15) is 0 Å². The van der Waals surface area contributed by atoms with Crippen LogP contribution in [-0.4, -0.2) is 23.0 Å². The van der Waals surface area contributed by atoms with Crippen LogP contribution in [0.3, 0.4) is 0 Å². The Hall–Kier alpha value is -3.00. The lowest BCUT2D eigenvalue weighted by Gasteiger charge is -2.13. The van der Waals surface area contributed by atoms with Crippen molar-refractivity contribution in [1.29, 1.82) is 0 Å². The predicted octanol–water partition coefficient (Wildman–Crippen LogP) is 6.32. The van der Waals surface area contributed by atoms with E-state index in [9.17, 15) is 14.4 Å². The third-order valence-corrected chi connectivity index (χ3v) is 6.10. The van der Waals surface area contributed by atoms with Gasteiger partial charge in [-0.2, -0.15) is 0 Å². The van der Waals surface area contributed by atoms with Crippen LogP contribution in [0.15, 0.2) is 71.6 Å². The lowest BCUT2D eigenvalue weighted by Crippen LogP contribution is -2.22. The second-order valence-corrected chi connectivity index (χ2v) is 9.37. The summed E-state index contributed by atoms with van der Waals surface area (Å²) in [6.45, 7) is 3.24. The molecule has 0 aliphatic heterocycles. The van der Waals surface area contributed by atoms with E-state index in [1.54, 1.807) is 48.5 Å². The molecule has 1 atom stereocenters. The molecule has 3 amide bonds. The van der Waals surface area contributed by atoms with Crippen LogP contribution in [0.2, 0.25) is 10.0 Å². The summed E-state index contributed by atoms with van der Waals surface area (Å²) in [5.74, 6) is -0.646. The molecule has 3 aromatic rings. The molecule has 0 heterocycles. The first-order valence-electron chi connectivity index (χ1n) is 9.93. The van der Waals surface area contributed by atoms with E-state index in [0.29, 0.717) is 27.6 Å². The van der Waals surface area contributed by atoms with E-state index >= 15 is 0 Å². The second kappa shape index (κ2) is 11.2. The van der Waals surface area contributed by atoms with Gasteiger partial charge in [-0.05, 0) is 73.7 Å². The van der Waals surface area contributed by atoms with Crippen molar-refractivity contribution in [2.75, 3.05) is 16.0 Å². The van der Waals surface area contributed by atoms with Gasteiger partial charge in [0.25, 0.3) is 5.91 Å². The summed E-state index contributed by atoms with van der Waals surface area (Å²) in [6.07, 6.45) is 0. The van der Waals surface area contributed by atoms with Gasteiger partial charge in [0, 0.05) is 33.9 Å². The van der Waals surface area contributed by atoms with E-state index in [0.717, 1.165) is 4.90 Å². The average Bonchev–Trinajstić information content (AvgIpc) is 2.76. The van der Waals surface area contributed by atoms with Crippen LogP contribution >= 0.6 is 35.0 Å². The van der Waals surface area contributed by atoms with Crippen molar-refractivity contribution in [2.24, 2.45) is 0 Å². The van der Waals surface area contributed by atoms with Crippen molar-refractivity contribution in [2.45, 2.75) is 24.0 Å². The maximum atomic E-state index is 12.5. The Labute approximate surface area is 206 Å². The molecule has 0 aromatic heterocycles. The zero-order valence-corrected chi connectivity index (χ0v) is 20.1. The molecule has 1 unspecified atom stereocenters. The van der Waals surface area contributed by atoms with Gasteiger partial charge < -0.3 is 16.0 Å². The first-order valence-corrected chi connectivity index (χ1v) is 11.6. The number of carbonyl (C=O) groups excluding carboxylic acids is 3. The Morgan fingerprint density at radius 3 is 1.91 bits per heavy atom. The molecule has 0 aliphatic rings. The average molecular weight is 502 g/mol. The molecule has 170 valence electrons. The predicted molar refractivity (Wildman–Crippen MR) is 136 cm³/mol. The molecular weight excluding hydrogens is 481 g/mol. The highest BCUT2D eigenvalue weighted by Crippen LogP contribution is 2.27. The SMILES string of the molecule is CC(=O)Nc1ccc(NC(=O)C(C)Sc2ccc(NC(=O)c3ccc(Cl)cc3Cl)cc2)cc1. The number of nitrogens with one attached hydrogen (secondary N) is 3. The maximum absolute atomic E-state index is 12.5. The summed E-state index contributed by atoms with van der Waals surface area (Å²) in [6, 6.07) is 18.8. The number of hydrogen-bond acceptors (Lipinski definition) is 4. The number of anilines is 3. The number of halogens is 2. The normalized spacial score (nSPS) is 11.4. The fourth-order valence-corrected chi connectivity index (χ4v) is 4.19. The fourth-order valence-electron chi connectivity index (χ4n) is 2.83. The standard InChI is InChI=1S/C24H21Cl2N3O3S/c1-14(23(31)28-18-6-4-17(5-7-18)27-15(2)30)33-20-10-8-19(9-11-20)29-24(32)21-12-3-16(25)13-22(21)26/h3-14H,1-2H3,(H,27,30)(H,28,31)(H,29,32). The van der Waals surface area contributed by atoms with Gasteiger partial charge in [0.05, 0.1) is 15.8 Å². The molecule has 0 bridgehead atoms. The Kier molecular flexibility index (Phi) is 8.38. The molecular formula is C24H21Cl2N3O3S. The first kappa shape index (κ1) is 24.6. The van der Waals surface area contributed by atoms with Crippen LogP contribution in [0.1, 0.15) is 24.2 Å². The third-order valence-electron chi connectivity index (χ3n) is 4.44. The number of benzene rings is 3. The fraction of sp³-hybridized carbons (Fsp3) is 0.125. The van der Waals surface area contributed by atoms with Crippen LogP contribution < -0.4 is 16.0 Å². The highest BCUT2D eigenvalue weighted by molar-refractivity contribution is 8.00. The largest absolute Gasteiger partial charge is 0.326 e. The van der Waals surface area contributed by atoms with Crippen molar-refractivity contribution in [3.63, 3.8) is 0 Å². The van der Waals surface area contributed by atoms with E-state index in [1.807, 2.05) is 19.1 Å². The van der Waals surface area contributed by atoms with Gasteiger partial charge >= 0.3 is 0 Å². The van der Waals surface area contributed by atoms with Gasteiger partial charge in [-0.15, -0.1) is 11.8 Å². The van der Waals surface area contributed by atoms with E-state index < -0.39 is 0 Å². The Morgan fingerprint density at radius 2 is 1.33 bits per heavy atom. The smallest absolute Gasteiger partial charge is 0.257 e. The lowest BCUT2D eigenvalue weighted by molar-refractivity contribution is -0.115. The summed E-state index contributed by atoms with van der Waals surface area (Å²) in [5, 5.41) is 8.70. The van der Waals surface area contributed by atoms with Crippen LogP contribution in [0.4, 0.5) is 17.1 Å². The first-order chi connectivity index (χ1) is 15.7. The molecule has 3 aromatic carbocycles. The van der Waals surface area contributed by atoms with E-state index in [4.69, 9.17) is 23.2 Å². The minimum atomic E-state index is -0.353. The summed E-state index contributed by atoms with van der Waals surface area (Å²) < 4.78 is 0. The molecule has 33 heavy (non-hydrogen) atoms. The van der Waals surface area contributed by atoms with Gasteiger partial charge in [-0.3, -0.25) is 14.4 Å². The third kappa shape index (κ3) is 7.25. The zero-order chi connectivity index (χ0) is 24.0. The van der Waals surface area contributed by atoms with Crippen LogP contribution in [0, 0.1) is 0 Å². The topological polar surface area (TPSA) is 87.3 Å². The number of carbonyl (C=O) groups is 3. The van der Waals surface area contributed by atoms with Crippen LogP contribution in [-0.2, 0) is 9.59 Å². The van der Waals surface area contributed by atoms with Crippen LogP contribution in [0.5, 0.6) is 0 Å². The maximum Gasteiger partial charge on any atom is 0.257 e. The summed E-state index contributed by atoms with van der Waals surface area (Å²) in [7, 11) is 0. The molecule has 3 N–H and O–H groups in total. The number of amides is 3. The zero-order valence-electron chi connectivity index (χ0n) is 17.8. The molecule has 0 fully saturated rings. The molecule has 0 spiro atoms. The number of hydrogen-bond donors (Lipinski definition) is 3. The van der Waals surface area contributed by atoms with Crippen molar-refractivity contribution >= 4 is 69.7 Å². The molecule has 3 rings (SSSR count). The number of thioether (sulfide) groups is 1. The van der Waals surface area contributed by atoms with Gasteiger partial charge in [-0.1, -0.05) is 23.2 Å². The minimum absolute atomic E-state index is 0.151. The van der Waals surface area contributed by atoms with Gasteiger partial charge in [-0.25, -0.2) is 0 Å². The quantitative estimate of drug-likeness (QED) is 0.330. The van der Waals surface area contributed by atoms with Gasteiger partial charge in [0.2, 0.25) is 11.8 Å². The van der Waals surface area contributed by atoms with Crippen molar-refractivity contribution < 1.29 is 14.4 Å². The Morgan fingerprint density at radius 1 is 0.788 bits per heavy atom. The van der Waals surface area contributed by atoms with E-state index in [1.165, 1.54) is 24.8 Å².